The van der Waals surface area contributed by atoms with Crippen LogP contribution in [0.3, 0.4) is 0 Å². The van der Waals surface area contributed by atoms with E-state index in [4.69, 9.17) is 14.2 Å². The van der Waals surface area contributed by atoms with Crippen molar-refractivity contribution in [1.82, 2.24) is 4.31 Å². The fraction of sp³-hybridized carbons (Fsp3) is 0.333. The van der Waals surface area contributed by atoms with E-state index in [9.17, 15) is 8.42 Å². The molecule has 0 amide bonds. The number of fused-ring (bicyclic) bond motifs is 1. The molecule has 0 bridgehead atoms. The number of ether oxygens (including phenoxy) is 3. The summed E-state index contributed by atoms with van der Waals surface area (Å²) in [7, 11) is -3.62. The zero-order valence-electron chi connectivity index (χ0n) is 13.6. The van der Waals surface area contributed by atoms with Gasteiger partial charge < -0.3 is 14.2 Å². The Hall–Kier alpha value is -2.09. The minimum atomic E-state index is -3.62. The van der Waals surface area contributed by atoms with E-state index in [1.54, 1.807) is 12.1 Å². The van der Waals surface area contributed by atoms with Crippen LogP contribution in [0.15, 0.2) is 53.4 Å². The zero-order valence-corrected chi connectivity index (χ0v) is 14.4. The lowest BCUT2D eigenvalue weighted by Gasteiger charge is -2.32. The van der Waals surface area contributed by atoms with Crippen LogP contribution in [-0.2, 0) is 14.8 Å². The van der Waals surface area contributed by atoms with Gasteiger partial charge in [0.15, 0.2) is 11.5 Å². The molecule has 7 heteroatoms. The fourth-order valence-electron chi connectivity index (χ4n) is 3.05. The zero-order chi connectivity index (χ0) is 17.3. The molecular weight excluding hydrogens is 342 g/mol. The molecule has 1 unspecified atom stereocenters. The van der Waals surface area contributed by atoms with E-state index in [1.165, 1.54) is 10.4 Å². The topological polar surface area (TPSA) is 65.1 Å². The molecule has 0 radical (unpaired) electrons. The van der Waals surface area contributed by atoms with E-state index in [-0.39, 0.29) is 11.0 Å². The highest BCUT2D eigenvalue weighted by Crippen LogP contribution is 2.34. The Morgan fingerprint density at radius 1 is 0.920 bits per heavy atom. The lowest BCUT2D eigenvalue weighted by atomic mass is 10.1. The van der Waals surface area contributed by atoms with Crippen molar-refractivity contribution in [2.75, 3.05) is 32.9 Å². The number of hydrogen-bond donors (Lipinski definition) is 0. The van der Waals surface area contributed by atoms with Gasteiger partial charge in [-0.25, -0.2) is 8.42 Å². The highest BCUT2D eigenvalue weighted by atomic mass is 32.2. The quantitative estimate of drug-likeness (QED) is 0.839. The van der Waals surface area contributed by atoms with E-state index < -0.39 is 10.0 Å². The molecule has 0 saturated carbocycles. The molecule has 25 heavy (non-hydrogen) atoms. The van der Waals surface area contributed by atoms with Crippen molar-refractivity contribution >= 4 is 10.0 Å². The van der Waals surface area contributed by atoms with Crippen LogP contribution in [0.4, 0.5) is 0 Å². The number of hydrogen-bond acceptors (Lipinski definition) is 5. The number of morpholine rings is 1. The average molecular weight is 361 g/mol. The van der Waals surface area contributed by atoms with Gasteiger partial charge >= 0.3 is 0 Å². The van der Waals surface area contributed by atoms with Crippen LogP contribution < -0.4 is 9.47 Å². The van der Waals surface area contributed by atoms with Crippen molar-refractivity contribution in [3.8, 4) is 11.5 Å². The van der Waals surface area contributed by atoms with Crippen LogP contribution >= 0.6 is 0 Å². The Kier molecular flexibility index (Phi) is 4.37. The molecular formula is C18H19NO5S. The van der Waals surface area contributed by atoms with E-state index in [1.807, 2.05) is 30.3 Å². The van der Waals surface area contributed by atoms with Gasteiger partial charge in [0.05, 0.1) is 17.6 Å². The van der Waals surface area contributed by atoms with Gasteiger partial charge in [0.1, 0.15) is 13.2 Å². The largest absolute Gasteiger partial charge is 0.486 e. The predicted octanol–water partition coefficient (Wildman–Crippen LogP) is 2.22. The molecule has 2 aromatic rings. The Morgan fingerprint density at radius 3 is 2.48 bits per heavy atom. The average Bonchev–Trinajstić information content (AvgIpc) is 2.68. The Labute approximate surface area is 147 Å². The van der Waals surface area contributed by atoms with Crippen LogP contribution in [-0.4, -0.2) is 45.6 Å². The third-order valence-electron chi connectivity index (χ3n) is 4.35. The molecule has 1 fully saturated rings. The Morgan fingerprint density at radius 2 is 1.68 bits per heavy atom. The molecule has 0 N–H and O–H groups in total. The summed E-state index contributed by atoms with van der Waals surface area (Å²) in [4.78, 5) is 0.213. The van der Waals surface area contributed by atoms with E-state index in [2.05, 4.69) is 0 Å². The lowest BCUT2D eigenvalue weighted by molar-refractivity contribution is -0.00256. The predicted molar refractivity (Wildman–Crippen MR) is 91.3 cm³/mol. The van der Waals surface area contributed by atoms with Gasteiger partial charge in [-0.2, -0.15) is 4.31 Å². The number of nitrogens with zero attached hydrogens (tertiary/aromatic N) is 1. The number of benzene rings is 2. The first kappa shape index (κ1) is 16.4. The Balaban J connectivity index is 1.59. The molecule has 4 rings (SSSR count). The summed E-state index contributed by atoms with van der Waals surface area (Å²) in [5.41, 5.74) is 0.976. The van der Waals surface area contributed by atoms with Crippen molar-refractivity contribution in [2.24, 2.45) is 0 Å². The standard InChI is InChI=1S/C18H19NO5S/c20-25(21,15-6-7-16-17(12-15)24-11-10-23-16)19-8-9-22-18(13-19)14-4-2-1-3-5-14/h1-7,12,18H,8-11,13H2. The molecule has 1 saturated heterocycles. The minimum absolute atomic E-state index is 0.213. The van der Waals surface area contributed by atoms with Gasteiger partial charge in [-0.05, 0) is 17.7 Å². The van der Waals surface area contributed by atoms with Crippen molar-refractivity contribution in [3.05, 3.63) is 54.1 Å². The second-order valence-corrected chi connectivity index (χ2v) is 7.88. The first-order chi connectivity index (χ1) is 12.1. The van der Waals surface area contributed by atoms with Crippen LogP contribution in [0.25, 0.3) is 0 Å². The molecule has 2 aliphatic heterocycles. The number of sulfonamides is 1. The van der Waals surface area contributed by atoms with E-state index >= 15 is 0 Å². The smallest absolute Gasteiger partial charge is 0.243 e. The van der Waals surface area contributed by atoms with Crippen LogP contribution in [0.5, 0.6) is 11.5 Å². The summed E-state index contributed by atoms with van der Waals surface area (Å²) < 4.78 is 44.2. The van der Waals surface area contributed by atoms with Crippen molar-refractivity contribution in [1.29, 1.82) is 0 Å². The van der Waals surface area contributed by atoms with E-state index in [0.717, 1.165) is 5.56 Å². The summed E-state index contributed by atoms with van der Waals surface area (Å²) in [6.07, 6.45) is -0.262. The van der Waals surface area contributed by atoms with Gasteiger partial charge in [-0.3, -0.25) is 0 Å². The summed E-state index contributed by atoms with van der Waals surface area (Å²) >= 11 is 0. The molecule has 132 valence electrons. The molecule has 2 aliphatic rings. The molecule has 6 nitrogen and oxygen atoms in total. The molecule has 0 spiro atoms. The number of rotatable bonds is 3. The second-order valence-electron chi connectivity index (χ2n) is 5.94. The lowest BCUT2D eigenvalue weighted by Crippen LogP contribution is -2.42. The third kappa shape index (κ3) is 3.22. The molecule has 1 atom stereocenters. The van der Waals surface area contributed by atoms with Gasteiger partial charge in [0.25, 0.3) is 0 Å². The van der Waals surface area contributed by atoms with Gasteiger partial charge in [0.2, 0.25) is 10.0 Å². The van der Waals surface area contributed by atoms with Gasteiger partial charge in [-0.1, -0.05) is 30.3 Å². The van der Waals surface area contributed by atoms with Crippen molar-refractivity contribution in [3.63, 3.8) is 0 Å². The Bertz CT molecular complexity index is 853. The normalized spacial score (nSPS) is 21.0. The van der Waals surface area contributed by atoms with Crippen LogP contribution in [0, 0.1) is 0 Å². The van der Waals surface area contributed by atoms with Gasteiger partial charge in [0, 0.05) is 19.2 Å². The minimum Gasteiger partial charge on any atom is -0.486 e. The van der Waals surface area contributed by atoms with Crippen molar-refractivity contribution < 1.29 is 22.6 Å². The first-order valence-corrected chi connectivity index (χ1v) is 9.65. The van der Waals surface area contributed by atoms with Crippen LogP contribution in [0.1, 0.15) is 11.7 Å². The van der Waals surface area contributed by atoms with E-state index in [0.29, 0.717) is 44.4 Å². The fourth-order valence-corrected chi connectivity index (χ4v) is 4.49. The monoisotopic (exact) mass is 361 g/mol. The highest BCUT2D eigenvalue weighted by molar-refractivity contribution is 7.89. The summed E-state index contributed by atoms with van der Waals surface area (Å²) in [6.45, 7) is 1.88. The summed E-state index contributed by atoms with van der Waals surface area (Å²) in [6, 6.07) is 14.4. The maximum Gasteiger partial charge on any atom is 0.243 e. The summed E-state index contributed by atoms with van der Waals surface area (Å²) in [5, 5.41) is 0. The van der Waals surface area contributed by atoms with Crippen molar-refractivity contribution in [2.45, 2.75) is 11.0 Å². The van der Waals surface area contributed by atoms with Crippen LogP contribution in [0.2, 0.25) is 0 Å². The molecule has 2 aromatic carbocycles. The SMILES string of the molecule is O=S(=O)(c1ccc2c(c1)OCCO2)N1CCOC(c2ccccc2)C1. The summed E-state index contributed by atoms with van der Waals surface area (Å²) in [5.74, 6) is 1.05. The van der Waals surface area contributed by atoms with Gasteiger partial charge in [-0.15, -0.1) is 0 Å². The molecule has 0 aromatic heterocycles. The third-order valence-corrected chi connectivity index (χ3v) is 6.21. The first-order valence-electron chi connectivity index (χ1n) is 8.21. The maximum atomic E-state index is 13.0. The molecule has 2 heterocycles. The second kappa shape index (κ2) is 6.67. The highest BCUT2D eigenvalue weighted by Gasteiger charge is 2.32. The molecule has 0 aliphatic carbocycles. The maximum absolute atomic E-state index is 13.0.